The molecule has 0 aliphatic rings. The van der Waals surface area contributed by atoms with Gasteiger partial charge in [-0.05, 0) is 33.1 Å². The molecule has 62 valence electrons. The second-order valence-corrected chi connectivity index (χ2v) is 4.14. The van der Waals surface area contributed by atoms with Gasteiger partial charge in [-0.3, -0.25) is 0 Å². The lowest BCUT2D eigenvalue weighted by molar-refractivity contribution is -0.00774. The van der Waals surface area contributed by atoms with Crippen LogP contribution in [0.3, 0.4) is 0 Å². The number of hydrogen-bond acceptors (Lipinski definition) is 1. The molecule has 0 heterocycles. The van der Waals surface area contributed by atoms with Crippen molar-refractivity contribution in [2.45, 2.75) is 46.6 Å². The Morgan fingerprint density at radius 1 is 1.20 bits per heavy atom. The quantitative estimate of drug-likeness (QED) is 0.592. The molecule has 0 N–H and O–H groups in total. The molecule has 1 heteroatoms. The summed E-state index contributed by atoms with van der Waals surface area (Å²) in [5, 5.41) is 0. The molecule has 0 aromatic heterocycles. The first-order chi connectivity index (χ1) is 4.42. The standard InChI is InChI=1S/C9H20O/c1-8(2)6-7-10-9(3,4)5/h8H,6-7H2,1-5H3. The third-order valence-electron chi connectivity index (χ3n) is 1.23. The van der Waals surface area contributed by atoms with E-state index in [1.54, 1.807) is 0 Å². The van der Waals surface area contributed by atoms with Gasteiger partial charge in [0.1, 0.15) is 0 Å². The van der Waals surface area contributed by atoms with Crippen molar-refractivity contribution in [2.24, 2.45) is 5.92 Å². The van der Waals surface area contributed by atoms with Gasteiger partial charge in [0, 0.05) is 6.61 Å². The highest BCUT2D eigenvalue weighted by molar-refractivity contribution is 4.58. The van der Waals surface area contributed by atoms with Crippen LogP contribution in [0, 0.1) is 5.92 Å². The molecule has 0 aromatic carbocycles. The number of hydrogen-bond donors (Lipinski definition) is 0. The van der Waals surface area contributed by atoms with Crippen molar-refractivity contribution >= 4 is 0 Å². The molecule has 0 spiro atoms. The van der Waals surface area contributed by atoms with E-state index < -0.39 is 0 Å². The Kier molecular flexibility index (Phi) is 3.95. The van der Waals surface area contributed by atoms with Gasteiger partial charge in [0.05, 0.1) is 5.60 Å². The van der Waals surface area contributed by atoms with Crippen LogP contribution in [-0.2, 0) is 4.74 Å². The Balaban J connectivity index is 3.21. The lowest BCUT2D eigenvalue weighted by Gasteiger charge is -2.19. The summed E-state index contributed by atoms with van der Waals surface area (Å²) in [5.41, 5.74) is 0.0366. The Hall–Kier alpha value is -0.0400. The number of rotatable bonds is 3. The maximum absolute atomic E-state index is 5.54. The first kappa shape index (κ1) is 9.96. The molecule has 0 saturated heterocycles. The monoisotopic (exact) mass is 144 g/mol. The van der Waals surface area contributed by atoms with Crippen molar-refractivity contribution in [1.29, 1.82) is 0 Å². The van der Waals surface area contributed by atoms with Crippen molar-refractivity contribution in [3.05, 3.63) is 0 Å². The minimum Gasteiger partial charge on any atom is -0.376 e. The maximum atomic E-state index is 5.54. The highest BCUT2D eigenvalue weighted by atomic mass is 16.5. The zero-order chi connectivity index (χ0) is 8.20. The summed E-state index contributed by atoms with van der Waals surface area (Å²) in [6, 6.07) is 0. The Morgan fingerprint density at radius 3 is 2.00 bits per heavy atom. The maximum Gasteiger partial charge on any atom is 0.0598 e. The Bertz CT molecular complexity index is 79.2. The van der Waals surface area contributed by atoms with Crippen molar-refractivity contribution < 1.29 is 4.74 Å². The third-order valence-corrected chi connectivity index (χ3v) is 1.23. The van der Waals surface area contributed by atoms with E-state index in [0.29, 0.717) is 0 Å². The third kappa shape index (κ3) is 7.96. The molecular weight excluding hydrogens is 124 g/mol. The Labute approximate surface area is 64.8 Å². The molecule has 0 amide bonds. The molecule has 0 aliphatic carbocycles. The van der Waals surface area contributed by atoms with Gasteiger partial charge < -0.3 is 4.74 Å². The second-order valence-electron chi connectivity index (χ2n) is 4.14. The van der Waals surface area contributed by atoms with Gasteiger partial charge in [0.25, 0.3) is 0 Å². The average Bonchev–Trinajstić information content (AvgIpc) is 1.59. The fourth-order valence-electron chi connectivity index (χ4n) is 0.601. The van der Waals surface area contributed by atoms with Gasteiger partial charge in [-0.1, -0.05) is 13.8 Å². The predicted octanol–water partition coefficient (Wildman–Crippen LogP) is 2.85. The van der Waals surface area contributed by atoms with E-state index in [0.717, 1.165) is 18.9 Å². The fraction of sp³-hybridized carbons (Fsp3) is 1.00. The highest BCUT2D eigenvalue weighted by Crippen LogP contribution is 2.09. The van der Waals surface area contributed by atoms with Crippen LogP contribution < -0.4 is 0 Å². The zero-order valence-electron chi connectivity index (χ0n) is 7.90. The van der Waals surface area contributed by atoms with E-state index in [-0.39, 0.29) is 5.60 Å². The van der Waals surface area contributed by atoms with Crippen LogP contribution in [0.15, 0.2) is 0 Å². The molecule has 0 aliphatic heterocycles. The molecule has 10 heavy (non-hydrogen) atoms. The summed E-state index contributed by atoms with van der Waals surface area (Å²) in [5.74, 6) is 0.752. The molecule has 0 unspecified atom stereocenters. The molecule has 0 aromatic rings. The van der Waals surface area contributed by atoms with E-state index in [2.05, 4.69) is 34.6 Å². The minimum absolute atomic E-state index is 0.0366. The first-order valence-electron chi connectivity index (χ1n) is 4.06. The second kappa shape index (κ2) is 3.97. The average molecular weight is 144 g/mol. The van der Waals surface area contributed by atoms with E-state index in [1.807, 2.05) is 0 Å². The van der Waals surface area contributed by atoms with Crippen LogP contribution in [0.1, 0.15) is 41.0 Å². The van der Waals surface area contributed by atoms with E-state index >= 15 is 0 Å². The summed E-state index contributed by atoms with van der Waals surface area (Å²) in [6.45, 7) is 11.6. The fourth-order valence-corrected chi connectivity index (χ4v) is 0.601. The van der Waals surface area contributed by atoms with Gasteiger partial charge in [-0.25, -0.2) is 0 Å². The lowest BCUT2D eigenvalue weighted by Crippen LogP contribution is -2.20. The van der Waals surface area contributed by atoms with Crippen LogP contribution in [0.5, 0.6) is 0 Å². The molecule has 0 radical (unpaired) electrons. The minimum atomic E-state index is 0.0366. The first-order valence-corrected chi connectivity index (χ1v) is 4.06. The lowest BCUT2D eigenvalue weighted by atomic mass is 10.1. The molecule has 0 bridgehead atoms. The normalized spacial score (nSPS) is 12.6. The molecule has 1 nitrogen and oxygen atoms in total. The van der Waals surface area contributed by atoms with Gasteiger partial charge in [0.15, 0.2) is 0 Å². The summed E-state index contributed by atoms with van der Waals surface area (Å²) in [4.78, 5) is 0. The number of ether oxygens (including phenoxy) is 1. The highest BCUT2D eigenvalue weighted by Gasteiger charge is 2.09. The van der Waals surface area contributed by atoms with Crippen LogP contribution in [-0.4, -0.2) is 12.2 Å². The Morgan fingerprint density at radius 2 is 1.70 bits per heavy atom. The molecule has 0 fully saturated rings. The van der Waals surface area contributed by atoms with E-state index in [4.69, 9.17) is 4.74 Å². The summed E-state index contributed by atoms with van der Waals surface area (Å²) < 4.78 is 5.54. The largest absolute Gasteiger partial charge is 0.376 e. The molecule has 0 saturated carbocycles. The molecule has 0 atom stereocenters. The predicted molar refractivity (Wildman–Crippen MR) is 45.2 cm³/mol. The van der Waals surface area contributed by atoms with Crippen molar-refractivity contribution in [3.8, 4) is 0 Å². The van der Waals surface area contributed by atoms with Crippen LogP contribution in [0.25, 0.3) is 0 Å². The van der Waals surface area contributed by atoms with Gasteiger partial charge in [-0.2, -0.15) is 0 Å². The van der Waals surface area contributed by atoms with E-state index in [9.17, 15) is 0 Å². The topological polar surface area (TPSA) is 9.23 Å². The molecular formula is C9H20O. The van der Waals surface area contributed by atoms with E-state index in [1.165, 1.54) is 0 Å². The summed E-state index contributed by atoms with van der Waals surface area (Å²) in [7, 11) is 0. The van der Waals surface area contributed by atoms with Gasteiger partial charge in [0.2, 0.25) is 0 Å². The summed E-state index contributed by atoms with van der Waals surface area (Å²) >= 11 is 0. The van der Waals surface area contributed by atoms with Crippen LogP contribution in [0.4, 0.5) is 0 Å². The van der Waals surface area contributed by atoms with Crippen molar-refractivity contribution in [3.63, 3.8) is 0 Å². The van der Waals surface area contributed by atoms with Crippen LogP contribution in [0.2, 0.25) is 0 Å². The SMILES string of the molecule is CC(C)CCOC(C)(C)C. The summed E-state index contributed by atoms with van der Waals surface area (Å²) in [6.07, 6.45) is 1.16. The molecule has 0 rings (SSSR count). The van der Waals surface area contributed by atoms with Crippen LogP contribution >= 0.6 is 0 Å². The van der Waals surface area contributed by atoms with Crippen molar-refractivity contribution in [1.82, 2.24) is 0 Å². The smallest absolute Gasteiger partial charge is 0.0598 e. The van der Waals surface area contributed by atoms with Gasteiger partial charge in [-0.15, -0.1) is 0 Å². The van der Waals surface area contributed by atoms with Gasteiger partial charge >= 0.3 is 0 Å². The zero-order valence-corrected chi connectivity index (χ0v) is 7.90. The van der Waals surface area contributed by atoms with Crippen molar-refractivity contribution in [2.75, 3.05) is 6.61 Å².